The van der Waals surface area contributed by atoms with Crippen molar-refractivity contribution in [1.29, 1.82) is 0 Å². The van der Waals surface area contributed by atoms with Crippen molar-refractivity contribution in [2.45, 2.75) is 19.9 Å². The fourth-order valence-electron chi connectivity index (χ4n) is 1.07. The predicted molar refractivity (Wildman–Crippen MR) is 48.2 cm³/mol. The van der Waals surface area contributed by atoms with Crippen LogP contribution in [0.5, 0.6) is 0 Å². The van der Waals surface area contributed by atoms with Crippen LogP contribution in [-0.2, 0) is 0 Å². The zero-order valence-electron chi connectivity index (χ0n) is 7.26. The van der Waals surface area contributed by atoms with Crippen molar-refractivity contribution >= 4 is 5.69 Å². The second kappa shape index (κ2) is 3.11. The third-order valence-electron chi connectivity index (χ3n) is 1.95. The zero-order chi connectivity index (χ0) is 9.30. The van der Waals surface area contributed by atoms with Crippen LogP contribution in [0.1, 0.15) is 24.1 Å². The van der Waals surface area contributed by atoms with E-state index in [4.69, 9.17) is 11.5 Å². The molecule has 2 nitrogen and oxygen atoms in total. The Balaban J connectivity index is 3.27. The van der Waals surface area contributed by atoms with E-state index in [9.17, 15) is 4.39 Å². The summed E-state index contributed by atoms with van der Waals surface area (Å²) in [5, 5.41) is 0. The molecule has 0 radical (unpaired) electrons. The monoisotopic (exact) mass is 168 g/mol. The highest BCUT2D eigenvalue weighted by Crippen LogP contribution is 2.22. The highest BCUT2D eigenvalue weighted by molar-refractivity contribution is 5.49. The normalized spacial score (nSPS) is 13.0. The molecule has 0 saturated heterocycles. The summed E-state index contributed by atoms with van der Waals surface area (Å²) in [6.45, 7) is 3.39. The summed E-state index contributed by atoms with van der Waals surface area (Å²) in [5.41, 5.74) is 12.5. The van der Waals surface area contributed by atoms with E-state index in [1.165, 1.54) is 0 Å². The average molecular weight is 168 g/mol. The highest BCUT2D eigenvalue weighted by atomic mass is 19.1. The molecule has 0 aliphatic rings. The van der Waals surface area contributed by atoms with Gasteiger partial charge in [0.1, 0.15) is 5.82 Å². The minimum atomic E-state index is -0.288. The van der Waals surface area contributed by atoms with Crippen LogP contribution in [0.15, 0.2) is 12.1 Å². The molecule has 3 heteroatoms. The van der Waals surface area contributed by atoms with Gasteiger partial charge in [0.05, 0.1) is 0 Å². The Morgan fingerprint density at radius 2 is 2.00 bits per heavy atom. The molecule has 1 atom stereocenters. The third-order valence-corrected chi connectivity index (χ3v) is 1.95. The molecule has 1 aromatic carbocycles. The Morgan fingerprint density at radius 3 is 2.50 bits per heavy atom. The number of anilines is 1. The minimum absolute atomic E-state index is 0.287. The molecule has 0 unspecified atom stereocenters. The van der Waals surface area contributed by atoms with Crippen molar-refractivity contribution in [3.8, 4) is 0 Å². The Bertz CT molecular complexity index is 295. The fraction of sp³-hybridized carbons (Fsp3) is 0.333. The van der Waals surface area contributed by atoms with Crippen LogP contribution in [-0.4, -0.2) is 0 Å². The number of halogens is 1. The van der Waals surface area contributed by atoms with Crippen LogP contribution in [0.3, 0.4) is 0 Å². The first-order valence-corrected chi connectivity index (χ1v) is 3.84. The Labute approximate surface area is 71.4 Å². The second-order valence-corrected chi connectivity index (χ2v) is 2.97. The number of hydrogen-bond donors (Lipinski definition) is 2. The highest BCUT2D eigenvalue weighted by Gasteiger charge is 2.10. The van der Waals surface area contributed by atoms with E-state index in [1.54, 1.807) is 26.0 Å². The maximum Gasteiger partial charge on any atom is 0.132 e. The van der Waals surface area contributed by atoms with Crippen LogP contribution in [0.2, 0.25) is 0 Å². The van der Waals surface area contributed by atoms with Crippen molar-refractivity contribution in [2.24, 2.45) is 5.73 Å². The average Bonchev–Trinajstić information content (AvgIpc) is 2.00. The third kappa shape index (κ3) is 1.41. The van der Waals surface area contributed by atoms with Gasteiger partial charge in [0, 0.05) is 22.9 Å². The second-order valence-electron chi connectivity index (χ2n) is 2.97. The smallest absolute Gasteiger partial charge is 0.132 e. The van der Waals surface area contributed by atoms with E-state index in [0.29, 0.717) is 16.8 Å². The van der Waals surface area contributed by atoms with E-state index in [-0.39, 0.29) is 11.9 Å². The molecule has 12 heavy (non-hydrogen) atoms. The lowest BCUT2D eigenvalue weighted by atomic mass is 10.0. The lowest BCUT2D eigenvalue weighted by Gasteiger charge is -2.10. The SMILES string of the molecule is Cc1c(N)ccc([C@@H](C)N)c1F. The molecule has 66 valence electrons. The van der Waals surface area contributed by atoms with Crippen molar-refractivity contribution in [3.05, 3.63) is 29.1 Å². The van der Waals surface area contributed by atoms with Crippen molar-refractivity contribution < 1.29 is 4.39 Å². The summed E-state index contributed by atoms with van der Waals surface area (Å²) in [7, 11) is 0. The van der Waals surface area contributed by atoms with E-state index in [1.807, 2.05) is 0 Å². The van der Waals surface area contributed by atoms with E-state index in [2.05, 4.69) is 0 Å². The van der Waals surface area contributed by atoms with Gasteiger partial charge in [0.25, 0.3) is 0 Å². The maximum absolute atomic E-state index is 13.4. The van der Waals surface area contributed by atoms with Crippen LogP contribution in [0, 0.1) is 12.7 Å². The molecule has 1 rings (SSSR count). The van der Waals surface area contributed by atoms with Crippen LogP contribution in [0.25, 0.3) is 0 Å². The number of benzene rings is 1. The van der Waals surface area contributed by atoms with Gasteiger partial charge in [-0.05, 0) is 19.9 Å². The van der Waals surface area contributed by atoms with Crippen molar-refractivity contribution in [1.82, 2.24) is 0 Å². The van der Waals surface area contributed by atoms with E-state index < -0.39 is 0 Å². The van der Waals surface area contributed by atoms with Gasteiger partial charge in [-0.15, -0.1) is 0 Å². The number of nitrogens with two attached hydrogens (primary N) is 2. The first kappa shape index (κ1) is 9.00. The molecule has 1 aromatic rings. The quantitative estimate of drug-likeness (QED) is 0.627. The summed E-state index contributed by atoms with van der Waals surface area (Å²) >= 11 is 0. The van der Waals surface area contributed by atoms with Crippen molar-refractivity contribution in [2.75, 3.05) is 5.73 Å². The van der Waals surface area contributed by atoms with Gasteiger partial charge in [-0.25, -0.2) is 4.39 Å². The minimum Gasteiger partial charge on any atom is -0.398 e. The molecule has 4 N–H and O–H groups in total. The van der Waals surface area contributed by atoms with Gasteiger partial charge >= 0.3 is 0 Å². The summed E-state index contributed by atoms with van der Waals surface area (Å²) in [5.74, 6) is -0.287. The summed E-state index contributed by atoms with van der Waals surface area (Å²) < 4.78 is 13.4. The predicted octanol–water partition coefficient (Wildman–Crippen LogP) is 1.74. The topological polar surface area (TPSA) is 52.0 Å². The molecular weight excluding hydrogens is 155 g/mol. The first-order chi connectivity index (χ1) is 5.54. The van der Waals surface area contributed by atoms with Gasteiger partial charge in [0.2, 0.25) is 0 Å². The molecule has 0 amide bonds. The van der Waals surface area contributed by atoms with Gasteiger partial charge in [-0.2, -0.15) is 0 Å². The largest absolute Gasteiger partial charge is 0.398 e. The fourth-order valence-corrected chi connectivity index (χ4v) is 1.07. The van der Waals surface area contributed by atoms with Gasteiger partial charge < -0.3 is 11.5 Å². The van der Waals surface area contributed by atoms with Gasteiger partial charge in [0.15, 0.2) is 0 Å². The van der Waals surface area contributed by atoms with Crippen LogP contribution >= 0.6 is 0 Å². The van der Waals surface area contributed by atoms with Crippen LogP contribution in [0.4, 0.5) is 10.1 Å². The number of hydrogen-bond acceptors (Lipinski definition) is 2. The zero-order valence-corrected chi connectivity index (χ0v) is 7.26. The maximum atomic E-state index is 13.4. The lowest BCUT2D eigenvalue weighted by molar-refractivity contribution is 0.586. The summed E-state index contributed by atoms with van der Waals surface area (Å²) in [6.07, 6.45) is 0. The standard InChI is InChI=1S/C9H13FN2/c1-5-8(12)4-3-7(6(2)11)9(5)10/h3-4,6H,11-12H2,1-2H3/t6-/m1/s1. The van der Waals surface area contributed by atoms with E-state index in [0.717, 1.165) is 0 Å². The summed E-state index contributed by atoms with van der Waals surface area (Å²) in [4.78, 5) is 0. The number of nitrogen functional groups attached to an aromatic ring is 1. The van der Waals surface area contributed by atoms with Gasteiger partial charge in [-0.3, -0.25) is 0 Å². The molecule has 0 spiro atoms. The van der Waals surface area contributed by atoms with Crippen molar-refractivity contribution in [3.63, 3.8) is 0 Å². The summed E-state index contributed by atoms with van der Waals surface area (Å²) in [6, 6.07) is 3.02. The molecule has 0 saturated carbocycles. The molecule has 0 fully saturated rings. The first-order valence-electron chi connectivity index (χ1n) is 3.84. The Kier molecular flexibility index (Phi) is 2.33. The van der Waals surface area contributed by atoms with E-state index >= 15 is 0 Å². The molecule has 0 heterocycles. The molecule has 0 aromatic heterocycles. The molecule has 0 bridgehead atoms. The molecule has 0 aliphatic heterocycles. The Hall–Kier alpha value is -1.09. The molecule has 0 aliphatic carbocycles. The van der Waals surface area contributed by atoms with Crippen LogP contribution < -0.4 is 11.5 Å². The van der Waals surface area contributed by atoms with Gasteiger partial charge in [-0.1, -0.05) is 6.07 Å². The molecular formula is C9H13FN2. The number of rotatable bonds is 1. The Morgan fingerprint density at radius 1 is 1.42 bits per heavy atom. The lowest BCUT2D eigenvalue weighted by Crippen LogP contribution is -2.09.